The van der Waals surface area contributed by atoms with Gasteiger partial charge in [0.25, 0.3) is 0 Å². The van der Waals surface area contributed by atoms with Crippen LogP contribution in [0.2, 0.25) is 0 Å². The van der Waals surface area contributed by atoms with Gasteiger partial charge in [0.2, 0.25) is 5.91 Å². The molecule has 0 aliphatic heterocycles. The number of para-hydroxylation sites is 2. The summed E-state index contributed by atoms with van der Waals surface area (Å²) in [6.07, 6.45) is 0.458. The van der Waals surface area contributed by atoms with Gasteiger partial charge in [0.1, 0.15) is 5.82 Å². The highest BCUT2D eigenvalue weighted by Gasteiger charge is 2.21. The maximum atomic E-state index is 12.5. The second-order valence-electron chi connectivity index (χ2n) is 6.95. The molecule has 0 radical (unpaired) electrons. The molecule has 2 N–H and O–H groups in total. The van der Waals surface area contributed by atoms with Crippen LogP contribution in [0, 0.1) is 19.8 Å². The molecular formula is C20H26N4O. The van der Waals surface area contributed by atoms with Crippen molar-refractivity contribution in [2.45, 2.75) is 46.7 Å². The van der Waals surface area contributed by atoms with Gasteiger partial charge in [-0.3, -0.25) is 4.79 Å². The van der Waals surface area contributed by atoms with E-state index in [1.165, 1.54) is 11.4 Å². The molecule has 0 aliphatic rings. The number of aromatic amines is 1. The van der Waals surface area contributed by atoms with Crippen molar-refractivity contribution >= 4 is 16.9 Å². The zero-order valence-corrected chi connectivity index (χ0v) is 15.3. The number of nitrogens with zero attached hydrogens (tertiary/aromatic N) is 2. The fraction of sp³-hybridized carbons (Fsp3) is 0.400. The Morgan fingerprint density at radius 1 is 1.16 bits per heavy atom. The summed E-state index contributed by atoms with van der Waals surface area (Å²) >= 11 is 0. The van der Waals surface area contributed by atoms with Crippen molar-refractivity contribution in [1.82, 2.24) is 19.9 Å². The lowest BCUT2D eigenvalue weighted by Gasteiger charge is -2.20. The Kier molecular flexibility index (Phi) is 4.93. The van der Waals surface area contributed by atoms with E-state index in [1.54, 1.807) is 0 Å². The van der Waals surface area contributed by atoms with Gasteiger partial charge in [-0.25, -0.2) is 4.98 Å². The summed E-state index contributed by atoms with van der Waals surface area (Å²) in [7, 11) is 0. The third kappa shape index (κ3) is 3.76. The van der Waals surface area contributed by atoms with Crippen LogP contribution < -0.4 is 5.32 Å². The van der Waals surface area contributed by atoms with Crippen molar-refractivity contribution in [2.75, 3.05) is 0 Å². The van der Waals surface area contributed by atoms with Crippen molar-refractivity contribution in [2.24, 2.45) is 5.92 Å². The molecule has 0 saturated carbocycles. The maximum Gasteiger partial charge on any atom is 0.222 e. The molecule has 3 aromatic rings. The van der Waals surface area contributed by atoms with E-state index in [1.807, 2.05) is 24.3 Å². The van der Waals surface area contributed by atoms with Crippen LogP contribution in [-0.2, 0) is 11.3 Å². The van der Waals surface area contributed by atoms with Crippen LogP contribution in [0.3, 0.4) is 0 Å². The first-order valence-corrected chi connectivity index (χ1v) is 8.82. The number of H-pyrrole nitrogens is 1. The first-order valence-electron chi connectivity index (χ1n) is 8.82. The van der Waals surface area contributed by atoms with Crippen molar-refractivity contribution < 1.29 is 4.79 Å². The summed E-state index contributed by atoms with van der Waals surface area (Å²) in [6.45, 7) is 9.02. The van der Waals surface area contributed by atoms with E-state index >= 15 is 0 Å². The summed E-state index contributed by atoms with van der Waals surface area (Å²) in [5.74, 6) is 1.11. The maximum absolute atomic E-state index is 12.5. The average Bonchev–Trinajstić information content (AvgIpc) is 3.14. The van der Waals surface area contributed by atoms with Crippen LogP contribution in [0.4, 0.5) is 0 Å². The molecule has 2 heterocycles. The van der Waals surface area contributed by atoms with Gasteiger partial charge in [0.15, 0.2) is 0 Å². The van der Waals surface area contributed by atoms with E-state index in [2.05, 4.69) is 59.7 Å². The highest BCUT2D eigenvalue weighted by atomic mass is 16.1. The molecule has 0 fully saturated rings. The molecule has 1 aromatic carbocycles. The minimum absolute atomic E-state index is 0.0478. The Labute approximate surface area is 148 Å². The normalized spacial score (nSPS) is 12.7. The summed E-state index contributed by atoms with van der Waals surface area (Å²) in [6, 6.07) is 12.0. The van der Waals surface area contributed by atoms with E-state index in [-0.39, 0.29) is 17.9 Å². The number of benzene rings is 1. The summed E-state index contributed by atoms with van der Waals surface area (Å²) < 4.78 is 2.17. The number of imidazole rings is 1. The molecule has 0 bridgehead atoms. The average molecular weight is 338 g/mol. The van der Waals surface area contributed by atoms with Gasteiger partial charge in [-0.05, 0) is 44.0 Å². The topological polar surface area (TPSA) is 62.7 Å². The number of nitrogens with one attached hydrogen (secondary N) is 2. The van der Waals surface area contributed by atoms with E-state index in [9.17, 15) is 4.79 Å². The quantitative estimate of drug-likeness (QED) is 0.716. The van der Waals surface area contributed by atoms with Crippen molar-refractivity contribution in [3.63, 3.8) is 0 Å². The van der Waals surface area contributed by atoms with Crippen LogP contribution in [0.25, 0.3) is 11.0 Å². The Hall–Kier alpha value is -2.56. The third-order valence-corrected chi connectivity index (χ3v) is 4.67. The standard InChI is InChI=1S/C20H26N4O/c1-13(2)19(20-21-16-7-5-6-8-17(16)22-20)23-18(25)11-12-24-14(3)9-10-15(24)4/h5-10,13,19H,11-12H2,1-4H3,(H,21,22)(H,23,25). The predicted octanol–water partition coefficient (Wildman–Crippen LogP) is 3.88. The molecule has 1 unspecified atom stereocenters. The summed E-state index contributed by atoms with van der Waals surface area (Å²) in [4.78, 5) is 20.5. The van der Waals surface area contributed by atoms with Crippen LogP contribution in [0.1, 0.15) is 43.5 Å². The van der Waals surface area contributed by atoms with Gasteiger partial charge >= 0.3 is 0 Å². The van der Waals surface area contributed by atoms with Crippen LogP contribution in [0.15, 0.2) is 36.4 Å². The van der Waals surface area contributed by atoms with E-state index in [4.69, 9.17) is 0 Å². The smallest absolute Gasteiger partial charge is 0.222 e. The Balaban J connectivity index is 1.70. The number of aryl methyl sites for hydroxylation is 2. The number of hydrogen-bond acceptors (Lipinski definition) is 2. The van der Waals surface area contributed by atoms with E-state index in [0.29, 0.717) is 13.0 Å². The number of aromatic nitrogens is 3. The van der Waals surface area contributed by atoms with E-state index < -0.39 is 0 Å². The highest BCUT2D eigenvalue weighted by Crippen LogP contribution is 2.22. The Morgan fingerprint density at radius 3 is 2.48 bits per heavy atom. The second kappa shape index (κ2) is 7.13. The molecule has 5 nitrogen and oxygen atoms in total. The lowest BCUT2D eigenvalue weighted by Crippen LogP contribution is -2.33. The molecule has 132 valence electrons. The number of rotatable bonds is 6. The fourth-order valence-corrected chi connectivity index (χ4v) is 3.18. The van der Waals surface area contributed by atoms with Crippen molar-refractivity contribution in [1.29, 1.82) is 0 Å². The number of carbonyl (C=O) groups excluding carboxylic acids is 1. The minimum Gasteiger partial charge on any atom is -0.349 e. The first kappa shape index (κ1) is 17.3. The molecule has 1 amide bonds. The predicted molar refractivity (Wildman–Crippen MR) is 100 cm³/mol. The molecular weight excluding hydrogens is 312 g/mol. The van der Waals surface area contributed by atoms with E-state index in [0.717, 1.165) is 16.9 Å². The number of fused-ring (bicyclic) bond motifs is 1. The molecule has 0 aliphatic carbocycles. The lowest BCUT2D eigenvalue weighted by atomic mass is 10.0. The monoisotopic (exact) mass is 338 g/mol. The zero-order chi connectivity index (χ0) is 18.0. The summed E-state index contributed by atoms with van der Waals surface area (Å²) in [5, 5.41) is 3.15. The molecule has 0 saturated heterocycles. The van der Waals surface area contributed by atoms with Crippen LogP contribution in [-0.4, -0.2) is 20.4 Å². The van der Waals surface area contributed by atoms with Crippen LogP contribution >= 0.6 is 0 Å². The molecule has 5 heteroatoms. The molecule has 0 spiro atoms. The van der Waals surface area contributed by atoms with Gasteiger partial charge in [0, 0.05) is 24.4 Å². The molecule has 25 heavy (non-hydrogen) atoms. The number of amides is 1. The Morgan fingerprint density at radius 2 is 1.84 bits per heavy atom. The zero-order valence-electron chi connectivity index (χ0n) is 15.3. The first-order chi connectivity index (χ1) is 12.0. The largest absolute Gasteiger partial charge is 0.349 e. The van der Waals surface area contributed by atoms with Crippen molar-refractivity contribution in [3.05, 3.63) is 53.6 Å². The third-order valence-electron chi connectivity index (χ3n) is 4.67. The fourth-order valence-electron chi connectivity index (χ4n) is 3.18. The molecule has 3 rings (SSSR count). The van der Waals surface area contributed by atoms with Gasteiger partial charge in [0.05, 0.1) is 17.1 Å². The molecule has 2 aromatic heterocycles. The van der Waals surface area contributed by atoms with Gasteiger partial charge in [-0.15, -0.1) is 0 Å². The van der Waals surface area contributed by atoms with Gasteiger partial charge in [-0.2, -0.15) is 0 Å². The van der Waals surface area contributed by atoms with Crippen molar-refractivity contribution in [3.8, 4) is 0 Å². The minimum atomic E-state index is -0.119. The highest BCUT2D eigenvalue weighted by molar-refractivity contribution is 5.77. The molecule has 1 atom stereocenters. The van der Waals surface area contributed by atoms with Crippen LogP contribution in [0.5, 0.6) is 0 Å². The summed E-state index contributed by atoms with van der Waals surface area (Å²) in [5.41, 5.74) is 4.29. The Bertz CT molecular complexity index is 822. The number of hydrogen-bond donors (Lipinski definition) is 2. The second-order valence-corrected chi connectivity index (χ2v) is 6.95. The van der Waals surface area contributed by atoms with Gasteiger partial charge in [-0.1, -0.05) is 26.0 Å². The number of carbonyl (C=O) groups is 1. The van der Waals surface area contributed by atoms with Gasteiger partial charge < -0.3 is 14.9 Å². The SMILES string of the molecule is Cc1ccc(C)n1CCC(=O)NC(c1nc2ccccc2[nH]1)C(C)C. The lowest BCUT2D eigenvalue weighted by molar-refractivity contribution is -0.122.